The van der Waals surface area contributed by atoms with Crippen LogP contribution in [0.5, 0.6) is 0 Å². The van der Waals surface area contributed by atoms with Gasteiger partial charge in [0.1, 0.15) is 5.92 Å². The predicted octanol–water partition coefficient (Wildman–Crippen LogP) is 2.95. The fourth-order valence-corrected chi connectivity index (χ4v) is 3.24. The molecule has 1 aromatic heterocycles. The Kier molecular flexibility index (Phi) is 4.96. The zero-order chi connectivity index (χ0) is 19.8. The summed E-state index contributed by atoms with van der Waals surface area (Å²) in [6.07, 6.45) is -2.82. The summed E-state index contributed by atoms with van der Waals surface area (Å²) >= 11 is 3.21. The monoisotopic (exact) mass is 443 g/mol. The number of nitrogens with zero attached hydrogens (tertiary/aromatic N) is 1. The predicted molar refractivity (Wildman–Crippen MR) is 91.6 cm³/mol. The number of halogens is 4. The van der Waals surface area contributed by atoms with Crippen molar-refractivity contribution >= 4 is 27.7 Å². The quantitative estimate of drug-likeness (QED) is 0.636. The lowest BCUT2D eigenvalue weighted by Crippen LogP contribution is -2.72. The Morgan fingerprint density at radius 1 is 1.22 bits per heavy atom. The van der Waals surface area contributed by atoms with Crippen molar-refractivity contribution in [3.8, 4) is 0 Å². The zero-order valence-electron chi connectivity index (χ0n) is 13.5. The molecular weight excluding hydrogens is 431 g/mol. The van der Waals surface area contributed by atoms with E-state index in [2.05, 4.69) is 26.2 Å². The zero-order valence-corrected chi connectivity index (χ0v) is 15.1. The number of urea groups is 1. The molecule has 0 aliphatic carbocycles. The van der Waals surface area contributed by atoms with E-state index < -0.39 is 35.7 Å². The van der Waals surface area contributed by atoms with Gasteiger partial charge in [-0.25, -0.2) is 4.79 Å². The van der Waals surface area contributed by atoms with Crippen molar-refractivity contribution in [2.45, 2.75) is 17.9 Å². The molecule has 1 aliphatic heterocycles. The van der Waals surface area contributed by atoms with Gasteiger partial charge in [0.05, 0.1) is 6.04 Å². The van der Waals surface area contributed by atoms with E-state index in [9.17, 15) is 27.9 Å². The molecule has 3 N–H and O–H groups in total. The first-order chi connectivity index (χ1) is 12.6. The van der Waals surface area contributed by atoms with Crippen LogP contribution < -0.4 is 10.6 Å². The summed E-state index contributed by atoms with van der Waals surface area (Å²) < 4.78 is 41.8. The number of aromatic nitrogens is 1. The minimum Gasteiger partial charge on any atom is -0.363 e. The summed E-state index contributed by atoms with van der Waals surface area (Å²) in [5.41, 5.74) is -3.64. The summed E-state index contributed by atoms with van der Waals surface area (Å²) in [6.45, 7) is 0. The standard InChI is InChI=1S/C17H13BrF3N3O3/c18-11-5-3-9(4-6-11)13-12(14(25)10-2-1-7-22-8-10)16(27,17(19,20)21)24-15(26)23-13/h1-8,12-13,27H,(H2,23,24,26)/t12-,13+,16+/m0/s1. The molecular formula is C17H13BrF3N3O3. The number of Topliss-reactive ketones (excluding diaryl/α,β-unsaturated/α-hetero) is 1. The van der Waals surface area contributed by atoms with Gasteiger partial charge in [-0.05, 0) is 29.8 Å². The summed E-state index contributed by atoms with van der Waals surface area (Å²) in [5, 5.41) is 14.2. The molecule has 1 saturated heterocycles. The number of pyridine rings is 1. The third-order valence-electron chi connectivity index (χ3n) is 4.26. The molecule has 0 unspecified atom stereocenters. The molecule has 0 spiro atoms. The van der Waals surface area contributed by atoms with E-state index in [0.29, 0.717) is 4.47 Å². The fourth-order valence-electron chi connectivity index (χ4n) is 2.97. The van der Waals surface area contributed by atoms with Crippen LogP contribution in [-0.2, 0) is 0 Å². The van der Waals surface area contributed by atoms with E-state index >= 15 is 0 Å². The minimum atomic E-state index is -5.29. The number of carbonyl (C=O) groups excluding carboxylic acids is 2. The Balaban J connectivity index is 2.15. The van der Waals surface area contributed by atoms with E-state index in [4.69, 9.17) is 0 Å². The first-order valence-corrected chi connectivity index (χ1v) is 8.50. The number of benzene rings is 1. The molecule has 0 radical (unpaired) electrons. The molecule has 142 valence electrons. The van der Waals surface area contributed by atoms with Crippen molar-refractivity contribution in [1.29, 1.82) is 0 Å². The van der Waals surface area contributed by atoms with E-state index in [1.165, 1.54) is 35.8 Å². The lowest BCUT2D eigenvalue weighted by Gasteiger charge is -2.45. The second-order valence-corrected chi connectivity index (χ2v) is 6.89. The van der Waals surface area contributed by atoms with Crippen molar-refractivity contribution < 1.29 is 27.9 Å². The molecule has 3 atom stereocenters. The first-order valence-electron chi connectivity index (χ1n) is 7.71. The molecule has 27 heavy (non-hydrogen) atoms. The van der Waals surface area contributed by atoms with E-state index in [1.54, 1.807) is 12.1 Å². The molecule has 2 heterocycles. The van der Waals surface area contributed by atoms with E-state index in [0.717, 1.165) is 6.20 Å². The highest BCUT2D eigenvalue weighted by Gasteiger charge is 2.66. The van der Waals surface area contributed by atoms with Crippen LogP contribution in [0.3, 0.4) is 0 Å². The van der Waals surface area contributed by atoms with Crippen LogP contribution >= 0.6 is 15.9 Å². The molecule has 6 nitrogen and oxygen atoms in total. The highest BCUT2D eigenvalue weighted by Crippen LogP contribution is 2.43. The lowest BCUT2D eigenvalue weighted by atomic mass is 9.77. The maximum absolute atomic E-state index is 13.7. The first kappa shape index (κ1) is 19.3. The minimum absolute atomic E-state index is 0.120. The van der Waals surface area contributed by atoms with Crippen molar-refractivity contribution in [3.05, 3.63) is 64.4 Å². The molecule has 10 heteroatoms. The van der Waals surface area contributed by atoms with Gasteiger partial charge in [-0.3, -0.25) is 9.78 Å². The third-order valence-corrected chi connectivity index (χ3v) is 4.79. The number of carbonyl (C=O) groups is 2. The van der Waals surface area contributed by atoms with Crippen LogP contribution in [0.1, 0.15) is 22.0 Å². The van der Waals surface area contributed by atoms with E-state index in [-0.39, 0.29) is 11.1 Å². The molecule has 0 saturated carbocycles. The number of aliphatic hydroxyl groups is 1. The second kappa shape index (κ2) is 6.93. The Labute approximate surface area is 159 Å². The summed E-state index contributed by atoms with van der Waals surface area (Å²) in [7, 11) is 0. The van der Waals surface area contributed by atoms with Gasteiger partial charge in [0.2, 0.25) is 5.72 Å². The van der Waals surface area contributed by atoms with Crippen LogP contribution in [0.2, 0.25) is 0 Å². The van der Waals surface area contributed by atoms with Gasteiger partial charge in [0.25, 0.3) is 0 Å². The Morgan fingerprint density at radius 2 is 1.89 bits per heavy atom. The summed E-state index contributed by atoms with van der Waals surface area (Å²) in [5.74, 6) is -3.08. The van der Waals surface area contributed by atoms with Crippen LogP contribution in [0.25, 0.3) is 0 Å². The second-order valence-electron chi connectivity index (χ2n) is 5.98. The van der Waals surface area contributed by atoms with Gasteiger partial charge in [0, 0.05) is 22.4 Å². The Bertz CT molecular complexity index is 861. The highest BCUT2D eigenvalue weighted by atomic mass is 79.9. The van der Waals surface area contributed by atoms with Gasteiger partial charge in [-0.1, -0.05) is 28.1 Å². The average Bonchev–Trinajstić information content (AvgIpc) is 2.61. The molecule has 1 aromatic carbocycles. The van der Waals surface area contributed by atoms with Crippen LogP contribution in [0.15, 0.2) is 53.3 Å². The van der Waals surface area contributed by atoms with Gasteiger partial charge in [0.15, 0.2) is 5.78 Å². The largest absolute Gasteiger partial charge is 0.437 e. The molecule has 3 rings (SSSR count). The average molecular weight is 444 g/mol. The molecule has 1 aliphatic rings. The number of amides is 2. The Hall–Kier alpha value is -2.46. The third kappa shape index (κ3) is 3.54. The molecule has 1 fully saturated rings. The van der Waals surface area contributed by atoms with Gasteiger partial charge < -0.3 is 15.7 Å². The van der Waals surface area contributed by atoms with E-state index in [1.807, 2.05) is 0 Å². The smallest absolute Gasteiger partial charge is 0.363 e. The summed E-state index contributed by atoms with van der Waals surface area (Å²) in [6, 6.07) is 6.07. The fraction of sp³-hybridized carbons (Fsp3) is 0.235. The summed E-state index contributed by atoms with van der Waals surface area (Å²) in [4.78, 5) is 28.5. The molecule has 2 aromatic rings. The lowest BCUT2D eigenvalue weighted by molar-refractivity contribution is -0.287. The topological polar surface area (TPSA) is 91.3 Å². The van der Waals surface area contributed by atoms with Gasteiger partial charge in [-0.15, -0.1) is 0 Å². The maximum atomic E-state index is 13.7. The number of nitrogens with one attached hydrogen (secondary N) is 2. The van der Waals surface area contributed by atoms with Crippen LogP contribution in [0.4, 0.5) is 18.0 Å². The number of hydrogen-bond donors (Lipinski definition) is 3. The number of alkyl halides is 3. The normalized spacial score (nSPS) is 25.4. The SMILES string of the molecule is O=C1N[C@H](c2ccc(Br)cc2)[C@@H](C(=O)c2cccnc2)[C@@](O)(C(F)(F)F)N1. The number of ketones is 1. The van der Waals surface area contributed by atoms with Gasteiger partial charge in [-0.2, -0.15) is 13.2 Å². The van der Waals surface area contributed by atoms with Crippen LogP contribution in [0, 0.1) is 5.92 Å². The maximum Gasteiger partial charge on any atom is 0.437 e. The van der Waals surface area contributed by atoms with Crippen molar-refractivity contribution in [2.24, 2.45) is 5.92 Å². The van der Waals surface area contributed by atoms with Crippen LogP contribution in [-0.4, -0.2) is 33.8 Å². The Morgan fingerprint density at radius 3 is 2.44 bits per heavy atom. The van der Waals surface area contributed by atoms with Crippen molar-refractivity contribution in [2.75, 3.05) is 0 Å². The number of hydrogen-bond acceptors (Lipinski definition) is 4. The molecule has 0 bridgehead atoms. The molecule has 2 amide bonds. The number of rotatable bonds is 3. The highest BCUT2D eigenvalue weighted by molar-refractivity contribution is 9.10. The van der Waals surface area contributed by atoms with Gasteiger partial charge >= 0.3 is 12.2 Å². The van der Waals surface area contributed by atoms with Crippen molar-refractivity contribution in [1.82, 2.24) is 15.6 Å². The van der Waals surface area contributed by atoms with Crippen molar-refractivity contribution in [3.63, 3.8) is 0 Å².